The first kappa shape index (κ1) is 23.5. The van der Waals surface area contributed by atoms with Gasteiger partial charge in [-0.25, -0.2) is 23.7 Å². The van der Waals surface area contributed by atoms with Gasteiger partial charge in [0.2, 0.25) is 5.82 Å². The minimum atomic E-state index is -0.963. The molecule has 4 aromatic rings. The van der Waals surface area contributed by atoms with E-state index in [-0.39, 0.29) is 24.2 Å². The minimum absolute atomic E-state index is 0.0514. The molecule has 1 aliphatic heterocycles. The predicted octanol–water partition coefficient (Wildman–Crippen LogP) is 3.19. The molecule has 1 unspecified atom stereocenters. The van der Waals surface area contributed by atoms with Crippen molar-refractivity contribution in [3.05, 3.63) is 77.2 Å². The van der Waals surface area contributed by atoms with Crippen molar-refractivity contribution in [3.63, 3.8) is 0 Å². The number of amides is 1. The van der Waals surface area contributed by atoms with Crippen LogP contribution in [0.25, 0.3) is 22.8 Å². The molecule has 0 radical (unpaired) electrons. The maximum absolute atomic E-state index is 13.4. The molecule has 5 rings (SSSR count). The number of nitrogens with one attached hydrogen (secondary N) is 3. The number of carbonyl (C=O) groups excluding carboxylic acids is 1. The summed E-state index contributed by atoms with van der Waals surface area (Å²) in [7, 11) is 0. The maximum atomic E-state index is 13.4. The van der Waals surface area contributed by atoms with Gasteiger partial charge in [0, 0.05) is 30.1 Å². The Kier molecular flexibility index (Phi) is 6.63. The van der Waals surface area contributed by atoms with Crippen molar-refractivity contribution in [1.82, 2.24) is 35.8 Å². The lowest BCUT2D eigenvalue weighted by Crippen LogP contribution is -2.28. The van der Waals surface area contributed by atoms with Gasteiger partial charge < -0.3 is 16.4 Å². The number of aromatic nitrogens is 5. The first-order valence-electron chi connectivity index (χ1n) is 11.6. The highest BCUT2D eigenvalue weighted by molar-refractivity contribution is 5.95. The Morgan fingerprint density at radius 2 is 2.03 bits per heavy atom. The highest BCUT2D eigenvalue weighted by Gasteiger charge is 2.21. The minimum Gasteiger partial charge on any atom is -0.382 e. The van der Waals surface area contributed by atoms with Gasteiger partial charge in [-0.05, 0) is 49.2 Å². The topological polar surface area (TPSA) is 134 Å². The van der Waals surface area contributed by atoms with Crippen LogP contribution in [-0.4, -0.2) is 44.1 Å². The fourth-order valence-corrected chi connectivity index (χ4v) is 4.10. The van der Waals surface area contributed by atoms with E-state index in [2.05, 4.69) is 35.8 Å². The van der Waals surface area contributed by atoms with Gasteiger partial charge in [0.15, 0.2) is 23.1 Å². The van der Waals surface area contributed by atoms with E-state index in [1.165, 1.54) is 12.3 Å². The number of nitrogens with two attached hydrogens (primary N) is 1. The Bertz CT molecular complexity index is 1400. The first-order valence-corrected chi connectivity index (χ1v) is 11.6. The van der Waals surface area contributed by atoms with Crippen molar-refractivity contribution in [2.24, 2.45) is 0 Å². The monoisotopic (exact) mass is 490 g/mol. The molecule has 2 aromatic carbocycles. The first-order chi connectivity index (χ1) is 17.5. The lowest BCUT2D eigenvalue weighted by atomic mass is 9.99. The smallest absolute Gasteiger partial charge is 0.251 e. The quantitative estimate of drug-likeness (QED) is 0.326. The summed E-state index contributed by atoms with van der Waals surface area (Å²) >= 11 is 0. The lowest BCUT2D eigenvalue weighted by molar-refractivity contribution is 0.0951. The van der Waals surface area contributed by atoms with Crippen LogP contribution in [0.2, 0.25) is 0 Å². The van der Waals surface area contributed by atoms with E-state index in [1.807, 2.05) is 0 Å². The summed E-state index contributed by atoms with van der Waals surface area (Å²) in [6, 6.07) is 10.3. The second-order valence-corrected chi connectivity index (χ2v) is 8.59. The molecule has 2 aromatic heterocycles. The third-order valence-corrected chi connectivity index (χ3v) is 6.06. The Balaban J connectivity index is 1.34. The molecule has 0 spiro atoms. The van der Waals surface area contributed by atoms with E-state index in [1.54, 1.807) is 24.3 Å². The average molecular weight is 491 g/mol. The molecule has 3 heterocycles. The number of benzene rings is 2. The second kappa shape index (κ2) is 10.2. The number of nitrogen functional groups attached to an aromatic ring is 1. The molecule has 5 N–H and O–H groups in total. The van der Waals surface area contributed by atoms with Crippen LogP contribution in [-0.2, 0) is 6.54 Å². The van der Waals surface area contributed by atoms with Crippen LogP contribution in [0, 0.1) is 11.6 Å². The fraction of sp³-hybridized carbons (Fsp3) is 0.240. The number of carbonyl (C=O) groups is 1. The van der Waals surface area contributed by atoms with Gasteiger partial charge in [-0.15, -0.1) is 0 Å². The van der Waals surface area contributed by atoms with Crippen LogP contribution in [0.15, 0.2) is 48.7 Å². The molecule has 0 aliphatic carbocycles. The van der Waals surface area contributed by atoms with Gasteiger partial charge in [0.1, 0.15) is 5.82 Å². The summed E-state index contributed by atoms with van der Waals surface area (Å²) in [5.41, 5.74) is 8.41. The molecule has 9 nitrogen and oxygen atoms in total. The SMILES string of the molecule is Nc1ncc(-c2cccc(C(=O)NCc3ccc(F)c(F)c3)c2)nc1-c1n[nH]c(C2CCCNC2)n1. The molecule has 1 atom stereocenters. The fourth-order valence-electron chi connectivity index (χ4n) is 4.10. The number of H-pyrrole nitrogens is 1. The van der Waals surface area contributed by atoms with E-state index in [4.69, 9.17) is 5.73 Å². The zero-order valence-electron chi connectivity index (χ0n) is 19.3. The van der Waals surface area contributed by atoms with Gasteiger partial charge in [-0.2, -0.15) is 5.10 Å². The molecular weight excluding hydrogens is 466 g/mol. The molecule has 1 saturated heterocycles. The predicted molar refractivity (Wildman–Crippen MR) is 130 cm³/mol. The summed E-state index contributed by atoms with van der Waals surface area (Å²) < 4.78 is 26.5. The Morgan fingerprint density at radius 1 is 1.14 bits per heavy atom. The Labute approximate surface area is 205 Å². The van der Waals surface area contributed by atoms with Crippen LogP contribution < -0.4 is 16.4 Å². The number of nitrogens with zero attached hydrogens (tertiary/aromatic N) is 4. The summed E-state index contributed by atoms with van der Waals surface area (Å²) in [6.07, 6.45) is 3.62. The molecule has 0 saturated carbocycles. The van der Waals surface area contributed by atoms with E-state index in [0.717, 1.165) is 43.9 Å². The van der Waals surface area contributed by atoms with E-state index in [0.29, 0.717) is 33.9 Å². The number of aromatic amines is 1. The van der Waals surface area contributed by atoms with Crippen LogP contribution >= 0.6 is 0 Å². The van der Waals surface area contributed by atoms with Crippen LogP contribution in [0.3, 0.4) is 0 Å². The van der Waals surface area contributed by atoms with Crippen molar-refractivity contribution in [2.75, 3.05) is 18.8 Å². The van der Waals surface area contributed by atoms with Crippen molar-refractivity contribution in [3.8, 4) is 22.8 Å². The van der Waals surface area contributed by atoms with Crippen LogP contribution in [0.1, 0.15) is 40.5 Å². The van der Waals surface area contributed by atoms with Gasteiger partial charge in [0.05, 0.1) is 11.9 Å². The van der Waals surface area contributed by atoms with E-state index < -0.39 is 11.6 Å². The van der Waals surface area contributed by atoms with Gasteiger partial charge in [0.25, 0.3) is 5.91 Å². The zero-order chi connectivity index (χ0) is 25.1. The standard InChI is InChI=1S/C25H24F2N8O/c26-18-7-6-14(9-19(18)27)11-31-25(36)16-4-1-3-15(10-16)20-13-30-22(28)21(32-20)24-33-23(34-35-24)17-5-2-8-29-12-17/h1,3-4,6-7,9-10,13,17,29H,2,5,8,11-12H2,(H2,28,30)(H,31,36)(H,33,34,35). The van der Waals surface area contributed by atoms with E-state index >= 15 is 0 Å². The van der Waals surface area contributed by atoms with Gasteiger partial charge >= 0.3 is 0 Å². The number of anilines is 1. The molecule has 1 aliphatic rings. The summed E-state index contributed by atoms with van der Waals surface area (Å²) in [5, 5.41) is 13.4. The number of hydrogen-bond acceptors (Lipinski definition) is 7. The Hall–Kier alpha value is -4.25. The lowest BCUT2D eigenvalue weighted by Gasteiger charge is -2.20. The number of piperidine rings is 1. The maximum Gasteiger partial charge on any atom is 0.251 e. The zero-order valence-corrected chi connectivity index (χ0v) is 19.3. The van der Waals surface area contributed by atoms with Crippen molar-refractivity contribution in [1.29, 1.82) is 0 Å². The molecule has 11 heteroatoms. The highest BCUT2D eigenvalue weighted by atomic mass is 19.2. The third kappa shape index (κ3) is 5.05. The summed E-state index contributed by atoms with van der Waals surface area (Å²) in [4.78, 5) is 26.2. The van der Waals surface area contributed by atoms with Gasteiger partial charge in [-0.3, -0.25) is 9.89 Å². The second-order valence-electron chi connectivity index (χ2n) is 8.59. The van der Waals surface area contributed by atoms with Crippen molar-refractivity contribution < 1.29 is 13.6 Å². The number of rotatable bonds is 6. The molecule has 36 heavy (non-hydrogen) atoms. The van der Waals surface area contributed by atoms with Gasteiger partial charge in [-0.1, -0.05) is 18.2 Å². The number of halogens is 2. The van der Waals surface area contributed by atoms with E-state index in [9.17, 15) is 13.6 Å². The average Bonchev–Trinajstić information content (AvgIpc) is 3.40. The Morgan fingerprint density at radius 3 is 2.83 bits per heavy atom. The van der Waals surface area contributed by atoms with Crippen molar-refractivity contribution in [2.45, 2.75) is 25.3 Å². The molecule has 0 bridgehead atoms. The van der Waals surface area contributed by atoms with Crippen molar-refractivity contribution >= 4 is 11.7 Å². The largest absolute Gasteiger partial charge is 0.382 e. The normalized spacial score (nSPS) is 15.6. The van der Waals surface area contributed by atoms with Crippen LogP contribution in [0.4, 0.5) is 14.6 Å². The molecular formula is C25H24F2N8O. The number of hydrogen-bond donors (Lipinski definition) is 4. The highest BCUT2D eigenvalue weighted by Crippen LogP contribution is 2.26. The molecule has 1 amide bonds. The summed E-state index contributed by atoms with van der Waals surface area (Å²) in [5.74, 6) is -0.675. The third-order valence-electron chi connectivity index (χ3n) is 6.06. The summed E-state index contributed by atoms with van der Waals surface area (Å²) in [6.45, 7) is 1.89. The molecule has 184 valence electrons. The molecule has 1 fully saturated rings. The van der Waals surface area contributed by atoms with Crippen LogP contribution in [0.5, 0.6) is 0 Å².